The van der Waals surface area contributed by atoms with E-state index in [2.05, 4.69) is 20.8 Å². The Bertz CT molecular complexity index is 261. The lowest BCUT2D eigenvalue weighted by molar-refractivity contribution is -0.143. The van der Waals surface area contributed by atoms with Gasteiger partial charge in [-0.3, -0.25) is 4.79 Å². The summed E-state index contributed by atoms with van der Waals surface area (Å²) in [6.07, 6.45) is 19.9. The molecule has 0 aromatic carbocycles. The fourth-order valence-electron chi connectivity index (χ4n) is 3.02. The van der Waals surface area contributed by atoms with Gasteiger partial charge in [-0.1, -0.05) is 104 Å². The zero-order chi connectivity index (χ0) is 17.9. The lowest BCUT2D eigenvalue weighted by Gasteiger charge is -2.05. The molecule has 0 rings (SSSR count). The van der Waals surface area contributed by atoms with Crippen molar-refractivity contribution in [2.75, 3.05) is 6.61 Å². The van der Waals surface area contributed by atoms with Crippen molar-refractivity contribution in [2.24, 2.45) is 5.92 Å². The molecular formula is C22H44O2. The van der Waals surface area contributed by atoms with Crippen molar-refractivity contribution in [1.29, 1.82) is 0 Å². The Morgan fingerprint density at radius 3 is 1.75 bits per heavy atom. The Kier molecular flexibility index (Phi) is 18.4. The first kappa shape index (κ1) is 23.5. The van der Waals surface area contributed by atoms with Crippen LogP contribution in [-0.4, -0.2) is 12.6 Å². The number of carbonyl (C=O) groups excluding carboxylic acids is 1. The topological polar surface area (TPSA) is 26.3 Å². The highest BCUT2D eigenvalue weighted by atomic mass is 16.5. The maximum atomic E-state index is 11.6. The predicted molar refractivity (Wildman–Crippen MR) is 105 cm³/mol. The molecule has 144 valence electrons. The smallest absolute Gasteiger partial charge is 0.305 e. The Morgan fingerprint density at radius 2 is 1.21 bits per heavy atom. The summed E-state index contributed by atoms with van der Waals surface area (Å²) in [5, 5.41) is 0. The summed E-state index contributed by atoms with van der Waals surface area (Å²) in [7, 11) is 0. The van der Waals surface area contributed by atoms with E-state index < -0.39 is 0 Å². The highest BCUT2D eigenvalue weighted by molar-refractivity contribution is 5.69. The zero-order valence-corrected chi connectivity index (χ0v) is 16.9. The number of rotatable bonds is 18. The molecule has 0 aromatic rings. The summed E-state index contributed by atoms with van der Waals surface area (Å²) in [5.74, 6) is 0.872. The van der Waals surface area contributed by atoms with E-state index in [4.69, 9.17) is 4.74 Å². The van der Waals surface area contributed by atoms with E-state index in [1.165, 1.54) is 83.5 Å². The van der Waals surface area contributed by atoms with Crippen LogP contribution >= 0.6 is 0 Å². The van der Waals surface area contributed by atoms with Crippen LogP contribution in [0.4, 0.5) is 0 Å². The molecule has 0 saturated heterocycles. The number of hydrogen-bond acceptors (Lipinski definition) is 2. The van der Waals surface area contributed by atoms with Gasteiger partial charge in [0.05, 0.1) is 6.61 Å². The normalized spacial score (nSPS) is 11.2. The van der Waals surface area contributed by atoms with Gasteiger partial charge in [-0.05, 0) is 18.8 Å². The van der Waals surface area contributed by atoms with E-state index in [1.807, 2.05) is 0 Å². The molecule has 0 aliphatic heterocycles. The summed E-state index contributed by atoms with van der Waals surface area (Å²) in [4.78, 5) is 11.6. The van der Waals surface area contributed by atoms with E-state index in [9.17, 15) is 4.79 Å². The largest absolute Gasteiger partial charge is 0.466 e. The minimum Gasteiger partial charge on any atom is -0.466 e. The summed E-state index contributed by atoms with van der Waals surface area (Å²) in [6.45, 7) is 7.44. The van der Waals surface area contributed by atoms with E-state index in [0.29, 0.717) is 13.0 Å². The molecule has 0 heterocycles. The van der Waals surface area contributed by atoms with Crippen LogP contribution in [0.3, 0.4) is 0 Å². The predicted octanol–water partition coefficient (Wildman–Crippen LogP) is 7.45. The first-order valence-corrected chi connectivity index (χ1v) is 10.8. The quantitative estimate of drug-likeness (QED) is 0.191. The van der Waals surface area contributed by atoms with E-state index in [0.717, 1.165) is 18.8 Å². The molecule has 0 amide bonds. The molecule has 0 unspecified atom stereocenters. The molecule has 2 nitrogen and oxygen atoms in total. The number of unbranched alkanes of at least 4 members (excludes halogenated alkanes) is 12. The second-order valence-corrected chi connectivity index (χ2v) is 7.75. The molecule has 2 heteroatoms. The molecule has 0 fully saturated rings. The molecule has 0 atom stereocenters. The standard InChI is InChI=1S/C22H44O2/c1-4-5-6-17-20-24-22(23)19-16-14-12-10-8-7-9-11-13-15-18-21(2)3/h21H,4-20H2,1-3H3. The van der Waals surface area contributed by atoms with Gasteiger partial charge in [0.15, 0.2) is 0 Å². The van der Waals surface area contributed by atoms with Crippen molar-refractivity contribution in [3.8, 4) is 0 Å². The maximum Gasteiger partial charge on any atom is 0.305 e. The average molecular weight is 341 g/mol. The van der Waals surface area contributed by atoms with Gasteiger partial charge in [-0.15, -0.1) is 0 Å². The Labute approximate surface area is 152 Å². The summed E-state index contributed by atoms with van der Waals surface area (Å²) in [6, 6.07) is 0. The van der Waals surface area contributed by atoms with E-state index in [-0.39, 0.29) is 5.97 Å². The monoisotopic (exact) mass is 340 g/mol. The van der Waals surface area contributed by atoms with Crippen molar-refractivity contribution < 1.29 is 9.53 Å². The minimum absolute atomic E-state index is 0.00731. The van der Waals surface area contributed by atoms with Gasteiger partial charge >= 0.3 is 5.97 Å². The zero-order valence-electron chi connectivity index (χ0n) is 16.9. The van der Waals surface area contributed by atoms with Crippen molar-refractivity contribution in [3.63, 3.8) is 0 Å². The van der Waals surface area contributed by atoms with Crippen LogP contribution in [0.2, 0.25) is 0 Å². The lowest BCUT2D eigenvalue weighted by atomic mass is 10.0. The van der Waals surface area contributed by atoms with Gasteiger partial charge in [0.25, 0.3) is 0 Å². The molecule has 0 aliphatic carbocycles. The van der Waals surface area contributed by atoms with Crippen molar-refractivity contribution >= 4 is 5.97 Å². The molecular weight excluding hydrogens is 296 g/mol. The Balaban J connectivity index is 3.12. The van der Waals surface area contributed by atoms with Gasteiger partial charge in [0.2, 0.25) is 0 Å². The van der Waals surface area contributed by atoms with Gasteiger partial charge in [-0.2, -0.15) is 0 Å². The molecule has 24 heavy (non-hydrogen) atoms. The van der Waals surface area contributed by atoms with Crippen molar-refractivity contribution in [1.82, 2.24) is 0 Å². The fourth-order valence-corrected chi connectivity index (χ4v) is 3.02. The van der Waals surface area contributed by atoms with Crippen LogP contribution < -0.4 is 0 Å². The van der Waals surface area contributed by atoms with Gasteiger partial charge in [-0.25, -0.2) is 0 Å². The highest BCUT2D eigenvalue weighted by Crippen LogP contribution is 2.14. The number of hydrogen-bond donors (Lipinski definition) is 0. The molecule has 0 saturated carbocycles. The van der Waals surface area contributed by atoms with Crippen molar-refractivity contribution in [3.05, 3.63) is 0 Å². The molecule has 0 N–H and O–H groups in total. The van der Waals surface area contributed by atoms with Gasteiger partial charge in [0, 0.05) is 6.42 Å². The highest BCUT2D eigenvalue weighted by Gasteiger charge is 2.02. The number of carbonyl (C=O) groups is 1. The van der Waals surface area contributed by atoms with Crippen LogP contribution in [0.15, 0.2) is 0 Å². The molecule has 0 aromatic heterocycles. The lowest BCUT2D eigenvalue weighted by Crippen LogP contribution is -2.05. The van der Waals surface area contributed by atoms with E-state index >= 15 is 0 Å². The first-order chi connectivity index (χ1) is 11.7. The Morgan fingerprint density at radius 1 is 0.708 bits per heavy atom. The molecule has 0 radical (unpaired) electrons. The molecule has 0 aliphatic rings. The van der Waals surface area contributed by atoms with Gasteiger partial charge in [0.1, 0.15) is 0 Å². The second kappa shape index (κ2) is 18.8. The number of esters is 1. The summed E-state index contributed by atoms with van der Waals surface area (Å²) >= 11 is 0. The third kappa shape index (κ3) is 19.5. The second-order valence-electron chi connectivity index (χ2n) is 7.75. The average Bonchev–Trinajstić information content (AvgIpc) is 2.55. The molecule has 0 spiro atoms. The first-order valence-electron chi connectivity index (χ1n) is 10.8. The van der Waals surface area contributed by atoms with Crippen molar-refractivity contribution in [2.45, 2.75) is 124 Å². The van der Waals surface area contributed by atoms with Crippen LogP contribution in [0, 0.1) is 5.92 Å². The molecule has 0 bridgehead atoms. The van der Waals surface area contributed by atoms with Crippen LogP contribution in [-0.2, 0) is 9.53 Å². The van der Waals surface area contributed by atoms with Crippen LogP contribution in [0.25, 0.3) is 0 Å². The van der Waals surface area contributed by atoms with Crippen LogP contribution in [0.5, 0.6) is 0 Å². The fraction of sp³-hybridized carbons (Fsp3) is 0.955. The third-order valence-corrected chi connectivity index (χ3v) is 4.67. The van der Waals surface area contributed by atoms with E-state index in [1.54, 1.807) is 0 Å². The van der Waals surface area contributed by atoms with Crippen LogP contribution in [0.1, 0.15) is 124 Å². The van der Waals surface area contributed by atoms with Gasteiger partial charge < -0.3 is 4.74 Å². The SMILES string of the molecule is CCCCCCOC(=O)CCCCCCCCCCCCC(C)C. The summed E-state index contributed by atoms with van der Waals surface area (Å²) in [5.41, 5.74) is 0. The third-order valence-electron chi connectivity index (χ3n) is 4.67. The maximum absolute atomic E-state index is 11.6. The minimum atomic E-state index is 0.00731. The Hall–Kier alpha value is -0.530. The number of ether oxygens (including phenoxy) is 1. The summed E-state index contributed by atoms with van der Waals surface area (Å²) < 4.78 is 5.26.